The van der Waals surface area contributed by atoms with E-state index in [0.29, 0.717) is 29.5 Å². The number of rotatable bonds is 4. The largest absolute Gasteiger partial charge is 0.490 e. The van der Waals surface area contributed by atoms with E-state index in [-0.39, 0.29) is 6.04 Å². The topological polar surface area (TPSA) is 85.1 Å². The van der Waals surface area contributed by atoms with Crippen LogP contribution in [-0.4, -0.2) is 12.6 Å². The van der Waals surface area contributed by atoms with Crippen LogP contribution in [0.4, 0.5) is 5.69 Å². The summed E-state index contributed by atoms with van der Waals surface area (Å²) in [5, 5.41) is 8.93. The normalized spacial score (nSPS) is 12.2. The summed E-state index contributed by atoms with van der Waals surface area (Å²) in [4.78, 5) is 0. The highest BCUT2D eigenvalue weighted by Gasteiger charge is 2.11. The average Bonchev–Trinajstić information content (AvgIpc) is 2.25. The van der Waals surface area contributed by atoms with Crippen LogP contribution >= 0.6 is 0 Å². The molecule has 86 valence electrons. The van der Waals surface area contributed by atoms with Gasteiger partial charge in [0.05, 0.1) is 5.69 Å². The van der Waals surface area contributed by atoms with Crippen molar-refractivity contribution < 1.29 is 4.74 Å². The van der Waals surface area contributed by atoms with E-state index in [1.807, 2.05) is 19.9 Å². The lowest BCUT2D eigenvalue weighted by atomic mass is 10.1. The Bertz CT molecular complexity index is 396. The highest BCUT2D eigenvalue weighted by Crippen LogP contribution is 2.23. The van der Waals surface area contributed by atoms with Crippen molar-refractivity contribution in [2.24, 2.45) is 11.7 Å². The summed E-state index contributed by atoms with van der Waals surface area (Å²) in [5.74, 6) is 0.838. The van der Waals surface area contributed by atoms with Gasteiger partial charge in [-0.3, -0.25) is 0 Å². The number of hydrogen-bond acceptors (Lipinski definition) is 4. The summed E-state index contributed by atoms with van der Waals surface area (Å²) in [7, 11) is 0. The Hall–Kier alpha value is -1.73. The average molecular weight is 219 g/mol. The van der Waals surface area contributed by atoms with Gasteiger partial charge < -0.3 is 16.2 Å². The van der Waals surface area contributed by atoms with Gasteiger partial charge in [0, 0.05) is 6.04 Å². The molecular formula is C12H17N3O. The van der Waals surface area contributed by atoms with E-state index in [0.717, 1.165) is 0 Å². The van der Waals surface area contributed by atoms with Gasteiger partial charge in [-0.05, 0) is 18.1 Å². The fraction of sp³-hybridized carbons (Fsp3) is 0.417. The van der Waals surface area contributed by atoms with Crippen molar-refractivity contribution >= 4 is 5.69 Å². The molecular weight excluding hydrogens is 202 g/mol. The first kappa shape index (κ1) is 12.3. The molecule has 4 N–H and O–H groups in total. The predicted molar refractivity (Wildman–Crippen MR) is 63.9 cm³/mol. The molecule has 1 rings (SSSR count). The van der Waals surface area contributed by atoms with E-state index in [1.165, 1.54) is 0 Å². The van der Waals surface area contributed by atoms with Gasteiger partial charge in [0.15, 0.2) is 0 Å². The molecule has 4 nitrogen and oxygen atoms in total. The third-order valence-corrected chi connectivity index (χ3v) is 2.46. The minimum absolute atomic E-state index is 0.0482. The van der Waals surface area contributed by atoms with Gasteiger partial charge in [0.25, 0.3) is 0 Å². The summed E-state index contributed by atoms with van der Waals surface area (Å²) in [6.45, 7) is 4.44. The lowest BCUT2D eigenvalue weighted by Crippen LogP contribution is -2.33. The van der Waals surface area contributed by atoms with E-state index >= 15 is 0 Å². The number of hydrogen-bond donors (Lipinski definition) is 2. The van der Waals surface area contributed by atoms with E-state index in [9.17, 15) is 0 Å². The zero-order valence-electron chi connectivity index (χ0n) is 9.60. The molecule has 16 heavy (non-hydrogen) atoms. The first-order valence-corrected chi connectivity index (χ1v) is 5.23. The Morgan fingerprint density at radius 3 is 2.69 bits per heavy atom. The highest BCUT2D eigenvalue weighted by molar-refractivity contribution is 5.60. The molecule has 0 aliphatic heterocycles. The number of ether oxygens (including phenoxy) is 1. The second-order valence-electron chi connectivity index (χ2n) is 4.05. The highest BCUT2D eigenvalue weighted by atomic mass is 16.5. The number of nitrogen functional groups attached to an aromatic ring is 1. The van der Waals surface area contributed by atoms with Gasteiger partial charge in [0.2, 0.25) is 0 Å². The SMILES string of the molecule is CC(C)C(N)COc1cccc(N)c1C#N. The molecule has 1 atom stereocenters. The summed E-state index contributed by atoms with van der Waals surface area (Å²) in [6, 6.07) is 7.13. The Balaban J connectivity index is 2.75. The maximum absolute atomic E-state index is 8.93. The first-order chi connectivity index (χ1) is 7.56. The van der Waals surface area contributed by atoms with Crippen molar-refractivity contribution in [3.63, 3.8) is 0 Å². The fourth-order valence-corrected chi connectivity index (χ4v) is 1.17. The van der Waals surface area contributed by atoms with E-state index in [1.54, 1.807) is 18.2 Å². The minimum atomic E-state index is -0.0482. The smallest absolute Gasteiger partial charge is 0.139 e. The zero-order chi connectivity index (χ0) is 12.1. The molecule has 0 radical (unpaired) electrons. The molecule has 0 aliphatic carbocycles. The summed E-state index contributed by atoms with van der Waals surface area (Å²) < 4.78 is 5.50. The quantitative estimate of drug-likeness (QED) is 0.751. The molecule has 1 aromatic rings. The van der Waals surface area contributed by atoms with Crippen LogP contribution in [0.2, 0.25) is 0 Å². The van der Waals surface area contributed by atoms with Crippen molar-refractivity contribution in [2.45, 2.75) is 19.9 Å². The molecule has 0 amide bonds. The van der Waals surface area contributed by atoms with Crippen LogP contribution in [0.1, 0.15) is 19.4 Å². The number of nitriles is 1. The van der Waals surface area contributed by atoms with Crippen molar-refractivity contribution in [3.05, 3.63) is 23.8 Å². The molecule has 0 saturated carbocycles. The summed E-state index contributed by atoms with van der Waals surface area (Å²) in [5.41, 5.74) is 12.3. The second-order valence-corrected chi connectivity index (χ2v) is 4.05. The molecule has 1 aromatic carbocycles. The predicted octanol–water partition coefficient (Wildman–Crippen LogP) is 1.50. The molecule has 0 spiro atoms. The first-order valence-electron chi connectivity index (χ1n) is 5.23. The van der Waals surface area contributed by atoms with Crippen molar-refractivity contribution in [3.8, 4) is 11.8 Å². The van der Waals surface area contributed by atoms with E-state index in [4.69, 9.17) is 21.5 Å². The third kappa shape index (κ3) is 2.88. The Morgan fingerprint density at radius 2 is 2.12 bits per heavy atom. The number of anilines is 1. The van der Waals surface area contributed by atoms with Gasteiger partial charge in [0.1, 0.15) is 24.0 Å². The van der Waals surface area contributed by atoms with Gasteiger partial charge in [-0.15, -0.1) is 0 Å². The second kappa shape index (κ2) is 5.38. The molecule has 0 bridgehead atoms. The van der Waals surface area contributed by atoms with Gasteiger partial charge >= 0.3 is 0 Å². The molecule has 0 aromatic heterocycles. The van der Waals surface area contributed by atoms with Gasteiger partial charge in [-0.2, -0.15) is 5.26 Å². The van der Waals surface area contributed by atoms with Crippen LogP contribution in [-0.2, 0) is 0 Å². The number of nitrogens with two attached hydrogens (primary N) is 2. The van der Waals surface area contributed by atoms with Crippen molar-refractivity contribution in [1.29, 1.82) is 5.26 Å². The standard InChI is InChI=1S/C12H17N3O/c1-8(2)11(15)7-16-12-5-3-4-10(14)9(12)6-13/h3-5,8,11H,7,14-15H2,1-2H3. The van der Waals surface area contributed by atoms with Crippen LogP contribution in [0.5, 0.6) is 5.75 Å². The summed E-state index contributed by atoms with van der Waals surface area (Å²) in [6.07, 6.45) is 0. The molecule has 0 fully saturated rings. The van der Waals surface area contributed by atoms with Crippen LogP contribution in [0.25, 0.3) is 0 Å². The van der Waals surface area contributed by atoms with Crippen molar-refractivity contribution in [2.75, 3.05) is 12.3 Å². The third-order valence-electron chi connectivity index (χ3n) is 2.46. The lowest BCUT2D eigenvalue weighted by molar-refractivity contribution is 0.259. The fourth-order valence-electron chi connectivity index (χ4n) is 1.17. The van der Waals surface area contributed by atoms with Crippen LogP contribution in [0.15, 0.2) is 18.2 Å². The van der Waals surface area contributed by atoms with Crippen LogP contribution < -0.4 is 16.2 Å². The van der Waals surface area contributed by atoms with Crippen molar-refractivity contribution in [1.82, 2.24) is 0 Å². The van der Waals surface area contributed by atoms with Crippen LogP contribution in [0, 0.1) is 17.2 Å². The monoisotopic (exact) mass is 219 g/mol. The zero-order valence-corrected chi connectivity index (χ0v) is 9.60. The molecule has 4 heteroatoms. The number of nitrogens with zero attached hydrogens (tertiary/aromatic N) is 1. The molecule has 1 unspecified atom stereocenters. The molecule has 0 heterocycles. The van der Waals surface area contributed by atoms with Crippen LogP contribution in [0.3, 0.4) is 0 Å². The molecule has 0 aliphatic rings. The Morgan fingerprint density at radius 1 is 1.44 bits per heavy atom. The van der Waals surface area contributed by atoms with E-state index in [2.05, 4.69) is 0 Å². The van der Waals surface area contributed by atoms with Gasteiger partial charge in [-0.25, -0.2) is 0 Å². The molecule has 0 saturated heterocycles. The maximum atomic E-state index is 8.93. The Kier molecular flexibility index (Phi) is 4.15. The maximum Gasteiger partial charge on any atom is 0.139 e. The Labute approximate surface area is 95.8 Å². The summed E-state index contributed by atoms with van der Waals surface area (Å²) >= 11 is 0. The number of benzene rings is 1. The van der Waals surface area contributed by atoms with E-state index < -0.39 is 0 Å². The minimum Gasteiger partial charge on any atom is -0.490 e. The lowest BCUT2D eigenvalue weighted by Gasteiger charge is -2.17. The van der Waals surface area contributed by atoms with Gasteiger partial charge in [-0.1, -0.05) is 19.9 Å².